The highest BCUT2D eigenvalue weighted by molar-refractivity contribution is 5.94. The van der Waals surface area contributed by atoms with Crippen LogP contribution in [0.5, 0.6) is 0 Å². The van der Waals surface area contributed by atoms with Gasteiger partial charge in [-0.15, -0.1) is 0 Å². The van der Waals surface area contributed by atoms with Crippen LogP contribution < -0.4 is 5.32 Å². The maximum atomic E-state index is 13.0. The van der Waals surface area contributed by atoms with Crippen LogP contribution in [0, 0.1) is 5.82 Å². The number of aromatic nitrogens is 1. The minimum Gasteiger partial charge on any atom is -0.353 e. The lowest BCUT2D eigenvalue weighted by atomic mass is 10.1. The van der Waals surface area contributed by atoms with Crippen molar-refractivity contribution in [1.82, 2.24) is 14.8 Å². The fourth-order valence-corrected chi connectivity index (χ4v) is 3.19. The van der Waals surface area contributed by atoms with E-state index in [4.69, 9.17) is 0 Å². The van der Waals surface area contributed by atoms with E-state index in [2.05, 4.69) is 20.9 Å². The first-order valence-corrected chi connectivity index (χ1v) is 8.04. The molecule has 1 aliphatic heterocycles. The molecule has 1 aromatic heterocycles. The van der Waals surface area contributed by atoms with Crippen molar-refractivity contribution in [3.63, 3.8) is 0 Å². The summed E-state index contributed by atoms with van der Waals surface area (Å²) in [6.45, 7) is 2.67. The summed E-state index contributed by atoms with van der Waals surface area (Å²) in [5.41, 5.74) is 1.68. The fraction of sp³-hybridized carbons (Fsp3) is 0.389. The molecular weight excluding hydrogens is 293 g/mol. The number of halogens is 1. The van der Waals surface area contributed by atoms with Crippen LogP contribution in [0.4, 0.5) is 4.39 Å². The Labute approximate surface area is 135 Å². The number of carbonyl (C=O) groups is 1. The number of rotatable bonds is 5. The van der Waals surface area contributed by atoms with Gasteiger partial charge in [-0.3, -0.25) is 9.69 Å². The van der Waals surface area contributed by atoms with Gasteiger partial charge in [0.15, 0.2) is 0 Å². The highest BCUT2D eigenvalue weighted by Gasteiger charge is 2.25. The first kappa shape index (κ1) is 15.7. The summed E-state index contributed by atoms with van der Waals surface area (Å²) in [6, 6.07) is 9.94. The number of hydrogen-bond donors (Lipinski definition) is 1. The van der Waals surface area contributed by atoms with Gasteiger partial charge in [0.05, 0.1) is 6.04 Å². The lowest BCUT2D eigenvalue weighted by molar-refractivity contribution is 0.0936. The Bertz CT molecular complexity index is 659. The monoisotopic (exact) mass is 315 g/mol. The molecule has 1 atom stereocenters. The second kappa shape index (κ2) is 6.96. The Kier molecular flexibility index (Phi) is 4.76. The van der Waals surface area contributed by atoms with Crippen molar-refractivity contribution in [2.45, 2.75) is 18.9 Å². The molecule has 0 saturated carbocycles. The molecule has 0 unspecified atom stereocenters. The molecule has 1 N–H and O–H groups in total. The van der Waals surface area contributed by atoms with Crippen LogP contribution in [0.25, 0.3) is 0 Å². The summed E-state index contributed by atoms with van der Waals surface area (Å²) in [7, 11) is 2.03. The SMILES string of the molecule is Cn1cccc1[C@H](CNC(=O)c1ccc(F)cc1)N1CCCC1. The van der Waals surface area contributed by atoms with Crippen LogP contribution in [0.1, 0.15) is 34.9 Å². The number of likely N-dealkylation sites (tertiary alicyclic amines) is 1. The molecule has 122 valence electrons. The van der Waals surface area contributed by atoms with E-state index in [0.717, 1.165) is 13.1 Å². The number of amides is 1. The lowest BCUT2D eigenvalue weighted by Gasteiger charge is -2.28. The van der Waals surface area contributed by atoms with Gasteiger partial charge in [0, 0.05) is 31.0 Å². The number of aryl methyl sites for hydroxylation is 1. The molecule has 5 heteroatoms. The van der Waals surface area contributed by atoms with Crippen LogP contribution >= 0.6 is 0 Å². The third kappa shape index (κ3) is 3.62. The van der Waals surface area contributed by atoms with E-state index in [-0.39, 0.29) is 17.8 Å². The summed E-state index contributed by atoms with van der Waals surface area (Å²) in [5, 5.41) is 2.99. The summed E-state index contributed by atoms with van der Waals surface area (Å²) in [5.74, 6) is -0.497. The van der Waals surface area contributed by atoms with Crippen LogP contribution in [0.3, 0.4) is 0 Å². The smallest absolute Gasteiger partial charge is 0.251 e. The Hall–Kier alpha value is -2.14. The van der Waals surface area contributed by atoms with Gasteiger partial charge >= 0.3 is 0 Å². The Morgan fingerprint density at radius 2 is 1.91 bits per heavy atom. The summed E-state index contributed by atoms with van der Waals surface area (Å²) < 4.78 is 15.1. The van der Waals surface area contributed by atoms with Gasteiger partial charge < -0.3 is 9.88 Å². The highest BCUT2D eigenvalue weighted by atomic mass is 19.1. The van der Waals surface area contributed by atoms with Gasteiger partial charge in [0.1, 0.15) is 5.82 Å². The third-order valence-corrected chi connectivity index (χ3v) is 4.47. The molecule has 0 radical (unpaired) electrons. The van der Waals surface area contributed by atoms with Crippen LogP contribution in [0.2, 0.25) is 0 Å². The van der Waals surface area contributed by atoms with Crippen molar-refractivity contribution in [2.75, 3.05) is 19.6 Å². The maximum absolute atomic E-state index is 13.0. The van der Waals surface area contributed by atoms with Crippen LogP contribution in [-0.4, -0.2) is 35.0 Å². The Balaban J connectivity index is 1.70. The zero-order valence-electron chi connectivity index (χ0n) is 13.3. The van der Waals surface area contributed by atoms with E-state index < -0.39 is 0 Å². The average molecular weight is 315 g/mol. The van der Waals surface area contributed by atoms with Gasteiger partial charge in [-0.05, 0) is 62.3 Å². The second-order valence-corrected chi connectivity index (χ2v) is 6.02. The molecule has 0 bridgehead atoms. The van der Waals surface area contributed by atoms with Gasteiger partial charge in [-0.25, -0.2) is 4.39 Å². The number of benzene rings is 1. The van der Waals surface area contributed by atoms with Gasteiger partial charge in [-0.1, -0.05) is 0 Å². The molecule has 1 aromatic carbocycles. The van der Waals surface area contributed by atoms with Crippen LogP contribution in [0.15, 0.2) is 42.6 Å². The van der Waals surface area contributed by atoms with Gasteiger partial charge in [-0.2, -0.15) is 0 Å². The second-order valence-electron chi connectivity index (χ2n) is 6.02. The summed E-state index contributed by atoms with van der Waals surface area (Å²) >= 11 is 0. The molecule has 4 nitrogen and oxygen atoms in total. The van der Waals surface area contributed by atoms with Crippen molar-refractivity contribution in [2.24, 2.45) is 7.05 Å². The van der Waals surface area contributed by atoms with Gasteiger partial charge in [0.25, 0.3) is 5.91 Å². The highest BCUT2D eigenvalue weighted by Crippen LogP contribution is 2.24. The molecule has 1 amide bonds. The standard InChI is InChI=1S/C18H22FN3O/c1-21-10-4-5-16(21)17(22-11-2-3-12-22)13-20-18(23)14-6-8-15(19)9-7-14/h4-10,17H,2-3,11-13H2,1H3,(H,20,23)/t17-/m0/s1. The zero-order valence-corrected chi connectivity index (χ0v) is 13.3. The lowest BCUT2D eigenvalue weighted by Crippen LogP contribution is -2.37. The number of hydrogen-bond acceptors (Lipinski definition) is 2. The predicted octanol–water partition coefficient (Wildman–Crippen LogP) is 2.73. The molecular formula is C18H22FN3O. The predicted molar refractivity (Wildman–Crippen MR) is 87.7 cm³/mol. The molecule has 2 heterocycles. The minimum atomic E-state index is -0.333. The Morgan fingerprint density at radius 3 is 2.52 bits per heavy atom. The van der Waals surface area contributed by atoms with E-state index in [1.807, 2.05) is 19.3 Å². The maximum Gasteiger partial charge on any atom is 0.251 e. The molecule has 0 aliphatic carbocycles. The zero-order chi connectivity index (χ0) is 16.2. The number of carbonyl (C=O) groups excluding carboxylic acids is 1. The third-order valence-electron chi connectivity index (χ3n) is 4.47. The first-order chi connectivity index (χ1) is 11.1. The molecule has 1 aliphatic rings. The number of nitrogens with zero attached hydrogens (tertiary/aromatic N) is 2. The summed E-state index contributed by atoms with van der Waals surface area (Å²) in [4.78, 5) is 14.7. The van der Waals surface area contributed by atoms with E-state index in [1.165, 1.54) is 42.8 Å². The summed E-state index contributed by atoms with van der Waals surface area (Å²) in [6.07, 6.45) is 4.43. The topological polar surface area (TPSA) is 37.3 Å². The minimum absolute atomic E-state index is 0.164. The van der Waals surface area contributed by atoms with E-state index in [0.29, 0.717) is 12.1 Å². The molecule has 0 spiro atoms. The van der Waals surface area contributed by atoms with E-state index in [9.17, 15) is 9.18 Å². The molecule has 23 heavy (non-hydrogen) atoms. The average Bonchev–Trinajstić information content (AvgIpc) is 3.21. The normalized spacial score (nSPS) is 16.4. The van der Waals surface area contributed by atoms with Gasteiger partial charge in [0.2, 0.25) is 0 Å². The van der Waals surface area contributed by atoms with Crippen molar-refractivity contribution < 1.29 is 9.18 Å². The quantitative estimate of drug-likeness (QED) is 0.921. The molecule has 1 saturated heterocycles. The largest absolute Gasteiger partial charge is 0.353 e. The molecule has 1 fully saturated rings. The Morgan fingerprint density at radius 1 is 1.22 bits per heavy atom. The fourth-order valence-electron chi connectivity index (χ4n) is 3.19. The number of nitrogens with one attached hydrogen (secondary N) is 1. The van der Waals surface area contributed by atoms with E-state index >= 15 is 0 Å². The van der Waals surface area contributed by atoms with Crippen molar-refractivity contribution in [1.29, 1.82) is 0 Å². The molecule has 3 rings (SSSR count). The van der Waals surface area contributed by atoms with E-state index in [1.54, 1.807) is 0 Å². The van der Waals surface area contributed by atoms with Crippen molar-refractivity contribution in [3.05, 3.63) is 59.7 Å². The molecule has 2 aromatic rings. The first-order valence-electron chi connectivity index (χ1n) is 8.04. The van der Waals surface area contributed by atoms with Crippen molar-refractivity contribution >= 4 is 5.91 Å². The van der Waals surface area contributed by atoms with Crippen molar-refractivity contribution in [3.8, 4) is 0 Å². The van der Waals surface area contributed by atoms with Crippen LogP contribution in [-0.2, 0) is 7.05 Å².